The van der Waals surface area contributed by atoms with Crippen LogP contribution in [0.2, 0.25) is 0 Å². The van der Waals surface area contributed by atoms with Gasteiger partial charge in [0.05, 0.1) is 23.4 Å². The molecule has 3 heterocycles. The summed E-state index contributed by atoms with van der Waals surface area (Å²) in [7, 11) is 0. The van der Waals surface area contributed by atoms with E-state index in [0.29, 0.717) is 41.3 Å². The van der Waals surface area contributed by atoms with Crippen LogP contribution in [0.15, 0.2) is 30.3 Å². The molecule has 31 heavy (non-hydrogen) atoms. The molecule has 0 saturated heterocycles. The summed E-state index contributed by atoms with van der Waals surface area (Å²) in [5, 5.41) is 5.55. The maximum Gasteiger partial charge on any atom is 0.348 e. The minimum atomic E-state index is -0.350. The van der Waals surface area contributed by atoms with Crippen molar-refractivity contribution in [2.75, 3.05) is 13.2 Å². The number of carbonyl (C=O) groups is 3. The third-order valence-corrected chi connectivity index (χ3v) is 6.36. The quantitative estimate of drug-likeness (QED) is 0.297. The number of imide groups is 1. The molecule has 0 unspecified atom stereocenters. The van der Waals surface area contributed by atoms with E-state index in [4.69, 9.17) is 4.74 Å². The Morgan fingerprint density at radius 1 is 1.13 bits per heavy atom. The first kappa shape index (κ1) is 21.2. The van der Waals surface area contributed by atoms with Gasteiger partial charge < -0.3 is 4.74 Å². The largest absolute Gasteiger partial charge is 0.462 e. The summed E-state index contributed by atoms with van der Waals surface area (Å²) in [5.74, 6) is -0.401. The monoisotopic (exact) mass is 439 g/mol. The van der Waals surface area contributed by atoms with Gasteiger partial charge in [0, 0.05) is 18.5 Å². The van der Waals surface area contributed by atoms with Crippen LogP contribution in [0.1, 0.15) is 62.8 Å². The number of nitrogens with zero attached hydrogens (tertiary/aromatic N) is 3. The summed E-state index contributed by atoms with van der Waals surface area (Å²) >= 11 is 1.40. The van der Waals surface area contributed by atoms with E-state index < -0.39 is 0 Å². The van der Waals surface area contributed by atoms with Crippen molar-refractivity contribution >= 4 is 39.3 Å². The number of ether oxygens (including phenoxy) is 1. The van der Waals surface area contributed by atoms with Crippen LogP contribution in [-0.4, -0.2) is 45.6 Å². The number of amides is 2. The van der Waals surface area contributed by atoms with Gasteiger partial charge in [0.2, 0.25) is 0 Å². The van der Waals surface area contributed by atoms with Crippen LogP contribution in [-0.2, 0) is 11.3 Å². The van der Waals surface area contributed by atoms with Crippen molar-refractivity contribution in [3.8, 4) is 0 Å². The second kappa shape index (κ2) is 8.63. The molecule has 0 bridgehead atoms. The van der Waals surface area contributed by atoms with Crippen molar-refractivity contribution < 1.29 is 19.1 Å². The molecule has 2 aromatic heterocycles. The molecule has 0 spiro atoms. The van der Waals surface area contributed by atoms with Crippen LogP contribution in [0.3, 0.4) is 0 Å². The Hall–Kier alpha value is -3.00. The van der Waals surface area contributed by atoms with Gasteiger partial charge in [0.1, 0.15) is 9.71 Å². The summed E-state index contributed by atoms with van der Waals surface area (Å²) in [6, 6.07) is 8.70. The summed E-state index contributed by atoms with van der Waals surface area (Å²) < 4.78 is 7.38. The summed E-state index contributed by atoms with van der Waals surface area (Å²) in [4.78, 5) is 40.0. The first-order valence-corrected chi connectivity index (χ1v) is 11.3. The second-order valence-electron chi connectivity index (χ2n) is 8.14. The van der Waals surface area contributed by atoms with E-state index in [1.54, 1.807) is 24.3 Å². The molecule has 1 aliphatic heterocycles. The Morgan fingerprint density at radius 3 is 2.45 bits per heavy atom. The van der Waals surface area contributed by atoms with E-state index in [1.807, 2.05) is 17.7 Å². The molecule has 0 N–H and O–H groups in total. The van der Waals surface area contributed by atoms with Crippen LogP contribution >= 0.6 is 11.3 Å². The average molecular weight is 440 g/mol. The minimum Gasteiger partial charge on any atom is -0.462 e. The van der Waals surface area contributed by atoms with E-state index >= 15 is 0 Å². The van der Waals surface area contributed by atoms with E-state index in [9.17, 15) is 14.4 Å². The minimum absolute atomic E-state index is 0.243. The summed E-state index contributed by atoms with van der Waals surface area (Å²) in [6.45, 7) is 7.57. The number of thiophene rings is 1. The molecule has 7 nitrogen and oxygen atoms in total. The number of hydrogen-bond donors (Lipinski definition) is 0. The first-order valence-electron chi connectivity index (χ1n) is 10.5. The van der Waals surface area contributed by atoms with Crippen molar-refractivity contribution in [1.82, 2.24) is 14.7 Å². The molecular weight excluding hydrogens is 414 g/mol. The van der Waals surface area contributed by atoms with Crippen LogP contribution in [0.5, 0.6) is 0 Å². The van der Waals surface area contributed by atoms with Gasteiger partial charge in [-0.2, -0.15) is 5.10 Å². The Bertz CT molecular complexity index is 1130. The van der Waals surface area contributed by atoms with E-state index in [2.05, 4.69) is 18.9 Å². The molecule has 0 saturated carbocycles. The lowest BCUT2D eigenvalue weighted by atomic mass is 10.1. The Morgan fingerprint density at radius 2 is 1.81 bits per heavy atom. The number of fused-ring (bicyclic) bond motifs is 2. The van der Waals surface area contributed by atoms with Gasteiger partial charge in [0.25, 0.3) is 11.8 Å². The van der Waals surface area contributed by atoms with E-state index in [-0.39, 0.29) is 24.4 Å². The van der Waals surface area contributed by atoms with Crippen molar-refractivity contribution in [1.29, 1.82) is 0 Å². The molecule has 0 atom stereocenters. The SMILES string of the molecule is Cc1nn(CC(C)C)c2sc(C(=O)OCCCCN3C(=O)c4ccccc4C3=O)cc12. The average Bonchev–Trinajstić information content (AvgIpc) is 3.37. The predicted molar refractivity (Wildman–Crippen MR) is 119 cm³/mol. The number of rotatable bonds is 8. The molecule has 4 rings (SSSR count). The smallest absolute Gasteiger partial charge is 0.348 e. The molecule has 2 amide bonds. The van der Waals surface area contributed by atoms with Crippen molar-refractivity contribution in [3.63, 3.8) is 0 Å². The fraction of sp³-hybridized carbons (Fsp3) is 0.391. The predicted octanol–water partition coefficient (Wildman–Crippen LogP) is 4.30. The van der Waals surface area contributed by atoms with Crippen molar-refractivity contribution in [2.24, 2.45) is 5.92 Å². The molecule has 0 radical (unpaired) electrons. The highest BCUT2D eigenvalue weighted by Gasteiger charge is 2.34. The van der Waals surface area contributed by atoms with Crippen LogP contribution in [0.25, 0.3) is 10.2 Å². The third kappa shape index (κ3) is 4.12. The molecule has 1 aliphatic rings. The maximum atomic E-state index is 12.5. The van der Waals surface area contributed by atoms with Gasteiger partial charge >= 0.3 is 5.97 Å². The van der Waals surface area contributed by atoms with Gasteiger partial charge in [-0.1, -0.05) is 26.0 Å². The fourth-order valence-electron chi connectivity index (χ4n) is 3.73. The number of hydrogen-bond acceptors (Lipinski definition) is 6. The van der Waals surface area contributed by atoms with Gasteiger partial charge in [-0.3, -0.25) is 19.2 Å². The number of aromatic nitrogens is 2. The van der Waals surface area contributed by atoms with Crippen LogP contribution < -0.4 is 0 Å². The lowest BCUT2D eigenvalue weighted by molar-refractivity contribution is 0.0491. The zero-order valence-corrected chi connectivity index (χ0v) is 18.7. The zero-order valence-electron chi connectivity index (χ0n) is 17.9. The number of esters is 1. The van der Waals surface area contributed by atoms with Crippen molar-refractivity contribution in [3.05, 3.63) is 52.0 Å². The second-order valence-corrected chi connectivity index (χ2v) is 9.17. The van der Waals surface area contributed by atoms with Gasteiger partial charge in [-0.05, 0) is 43.9 Å². The molecule has 0 fully saturated rings. The standard InChI is InChI=1S/C23H25N3O4S/c1-14(2)13-26-22-18(15(3)24-26)12-19(31-22)23(29)30-11-7-6-10-25-20(27)16-8-4-5-9-17(16)21(25)28/h4-5,8-9,12,14H,6-7,10-11,13H2,1-3H3. The molecule has 162 valence electrons. The Kier molecular flexibility index (Phi) is 5.91. The third-order valence-electron chi connectivity index (χ3n) is 5.23. The number of aryl methyl sites for hydroxylation is 1. The molecule has 8 heteroatoms. The molecule has 1 aromatic carbocycles. The Labute approximate surface area is 184 Å². The number of benzene rings is 1. The van der Waals surface area contributed by atoms with Gasteiger partial charge in [-0.15, -0.1) is 11.3 Å². The lowest BCUT2D eigenvalue weighted by Gasteiger charge is -2.13. The molecular formula is C23H25N3O4S. The molecule has 3 aromatic rings. The van der Waals surface area contributed by atoms with Gasteiger partial charge in [0.15, 0.2) is 0 Å². The maximum absolute atomic E-state index is 12.5. The Balaban J connectivity index is 1.28. The normalized spacial score (nSPS) is 13.5. The summed E-state index contributed by atoms with van der Waals surface area (Å²) in [6.07, 6.45) is 1.15. The first-order chi connectivity index (χ1) is 14.9. The fourth-order valence-corrected chi connectivity index (χ4v) is 4.80. The molecule has 0 aliphatic carbocycles. The highest BCUT2D eigenvalue weighted by Crippen LogP contribution is 2.29. The van der Waals surface area contributed by atoms with Crippen molar-refractivity contribution in [2.45, 2.75) is 40.2 Å². The van der Waals surface area contributed by atoms with Gasteiger partial charge in [-0.25, -0.2) is 4.79 Å². The van der Waals surface area contributed by atoms with E-state index in [0.717, 1.165) is 22.5 Å². The number of unbranched alkanes of at least 4 members (excludes halogenated alkanes) is 1. The lowest BCUT2D eigenvalue weighted by Crippen LogP contribution is -2.30. The summed E-state index contributed by atoms with van der Waals surface area (Å²) in [5.41, 5.74) is 1.82. The number of carbonyl (C=O) groups excluding carboxylic acids is 3. The topological polar surface area (TPSA) is 81.5 Å². The zero-order chi connectivity index (χ0) is 22.1. The van der Waals surface area contributed by atoms with E-state index in [1.165, 1.54) is 16.2 Å². The highest BCUT2D eigenvalue weighted by molar-refractivity contribution is 7.20. The highest BCUT2D eigenvalue weighted by atomic mass is 32.1. The van der Waals surface area contributed by atoms with Crippen LogP contribution in [0, 0.1) is 12.8 Å². The van der Waals surface area contributed by atoms with Crippen LogP contribution in [0.4, 0.5) is 0 Å².